The van der Waals surface area contributed by atoms with Gasteiger partial charge >= 0.3 is 0 Å². The summed E-state index contributed by atoms with van der Waals surface area (Å²) in [6.07, 6.45) is 0. The summed E-state index contributed by atoms with van der Waals surface area (Å²) >= 11 is 0. The van der Waals surface area contributed by atoms with Crippen molar-refractivity contribution in [2.75, 3.05) is 20.3 Å². The van der Waals surface area contributed by atoms with E-state index in [-0.39, 0.29) is 6.04 Å². The van der Waals surface area contributed by atoms with Gasteiger partial charge in [0, 0.05) is 26.2 Å². The highest BCUT2D eigenvalue weighted by Gasteiger charge is 1.99. The Hall–Kier alpha value is -0.900. The summed E-state index contributed by atoms with van der Waals surface area (Å²) in [6, 6.07) is 10.3. The van der Waals surface area contributed by atoms with Crippen LogP contribution >= 0.6 is 0 Å². The second kappa shape index (κ2) is 6.54. The molecular formula is C11H18N2O. The van der Waals surface area contributed by atoms with Crippen molar-refractivity contribution in [3.63, 3.8) is 0 Å². The van der Waals surface area contributed by atoms with Crippen molar-refractivity contribution in [1.29, 1.82) is 0 Å². The van der Waals surface area contributed by atoms with Crippen molar-refractivity contribution in [2.24, 2.45) is 5.73 Å². The molecule has 0 aromatic heterocycles. The average Bonchev–Trinajstić information content (AvgIpc) is 2.20. The Labute approximate surface area is 85.3 Å². The van der Waals surface area contributed by atoms with Crippen molar-refractivity contribution in [1.82, 2.24) is 5.32 Å². The van der Waals surface area contributed by atoms with E-state index in [2.05, 4.69) is 17.4 Å². The number of nitrogens with two attached hydrogens (primary N) is 1. The molecule has 0 radical (unpaired) electrons. The molecule has 3 nitrogen and oxygen atoms in total. The van der Waals surface area contributed by atoms with Crippen LogP contribution in [-0.2, 0) is 11.3 Å². The Kier molecular flexibility index (Phi) is 5.22. The number of hydrogen-bond donors (Lipinski definition) is 2. The fourth-order valence-electron chi connectivity index (χ4n) is 1.27. The summed E-state index contributed by atoms with van der Waals surface area (Å²) in [5, 5.41) is 3.28. The molecule has 0 saturated heterocycles. The molecule has 1 aromatic carbocycles. The van der Waals surface area contributed by atoms with Crippen molar-refractivity contribution < 1.29 is 4.74 Å². The van der Waals surface area contributed by atoms with Gasteiger partial charge in [0.2, 0.25) is 0 Å². The van der Waals surface area contributed by atoms with Gasteiger partial charge in [0.25, 0.3) is 0 Å². The molecule has 0 heterocycles. The molecule has 0 aliphatic carbocycles. The zero-order valence-electron chi connectivity index (χ0n) is 8.57. The van der Waals surface area contributed by atoms with Gasteiger partial charge < -0.3 is 15.8 Å². The second-order valence-corrected chi connectivity index (χ2v) is 3.33. The minimum Gasteiger partial charge on any atom is -0.383 e. The van der Waals surface area contributed by atoms with Crippen LogP contribution in [0, 0.1) is 0 Å². The van der Waals surface area contributed by atoms with Crippen LogP contribution in [0.15, 0.2) is 30.3 Å². The van der Waals surface area contributed by atoms with E-state index in [1.54, 1.807) is 7.11 Å². The molecule has 0 saturated carbocycles. The molecule has 0 aliphatic rings. The molecule has 0 fully saturated rings. The highest BCUT2D eigenvalue weighted by Crippen LogP contribution is 1.96. The maximum Gasteiger partial charge on any atom is 0.0626 e. The number of nitrogens with one attached hydrogen (secondary N) is 1. The first-order valence-corrected chi connectivity index (χ1v) is 4.82. The number of ether oxygens (including phenoxy) is 1. The minimum atomic E-state index is 0.0729. The maximum atomic E-state index is 5.76. The average molecular weight is 194 g/mol. The number of methoxy groups -OCH3 is 1. The van der Waals surface area contributed by atoms with E-state index >= 15 is 0 Å². The summed E-state index contributed by atoms with van der Waals surface area (Å²) in [6.45, 7) is 2.24. The van der Waals surface area contributed by atoms with Gasteiger partial charge in [-0.1, -0.05) is 30.3 Å². The SMILES string of the molecule is COCC(N)CNCc1ccccc1. The fourth-order valence-corrected chi connectivity index (χ4v) is 1.27. The largest absolute Gasteiger partial charge is 0.383 e. The molecule has 0 amide bonds. The second-order valence-electron chi connectivity index (χ2n) is 3.33. The van der Waals surface area contributed by atoms with Crippen LogP contribution in [-0.4, -0.2) is 26.3 Å². The van der Waals surface area contributed by atoms with E-state index in [1.807, 2.05) is 18.2 Å². The van der Waals surface area contributed by atoms with Crippen molar-refractivity contribution in [3.05, 3.63) is 35.9 Å². The summed E-state index contributed by atoms with van der Waals surface area (Å²) in [4.78, 5) is 0. The van der Waals surface area contributed by atoms with Gasteiger partial charge in [-0.15, -0.1) is 0 Å². The van der Waals surface area contributed by atoms with E-state index < -0.39 is 0 Å². The molecule has 1 aromatic rings. The number of benzene rings is 1. The number of rotatable bonds is 6. The summed E-state index contributed by atoms with van der Waals surface area (Å²) in [5.41, 5.74) is 7.04. The lowest BCUT2D eigenvalue weighted by Gasteiger charge is -2.11. The van der Waals surface area contributed by atoms with Crippen molar-refractivity contribution >= 4 is 0 Å². The smallest absolute Gasteiger partial charge is 0.0626 e. The lowest BCUT2D eigenvalue weighted by atomic mass is 10.2. The highest BCUT2D eigenvalue weighted by atomic mass is 16.5. The lowest BCUT2D eigenvalue weighted by molar-refractivity contribution is 0.179. The van der Waals surface area contributed by atoms with E-state index in [0.717, 1.165) is 13.1 Å². The Bertz CT molecular complexity index is 238. The molecule has 0 bridgehead atoms. The third-order valence-corrected chi connectivity index (χ3v) is 1.96. The zero-order chi connectivity index (χ0) is 10.2. The van der Waals surface area contributed by atoms with Crippen LogP contribution in [0.25, 0.3) is 0 Å². The van der Waals surface area contributed by atoms with Crippen LogP contribution in [0.2, 0.25) is 0 Å². The quantitative estimate of drug-likeness (QED) is 0.702. The van der Waals surface area contributed by atoms with Gasteiger partial charge in [0.15, 0.2) is 0 Å². The van der Waals surface area contributed by atoms with Gasteiger partial charge in [-0.25, -0.2) is 0 Å². The molecule has 14 heavy (non-hydrogen) atoms. The van der Waals surface area contributed by atoms with Gasteiger partial charge in [-0.2, -0.15) is 0 Å². The molecule has 0 spiro atoms. The molecule has 1 unspecified atom stereocenters. The highest BCUT2D eigenvalue weighted by molar-refractivity contribution is 5.14. The van der Waals surface area contributed by atoms with E-state index in [1.165, 1.54) is 5.56 Å². The topological polar surface area (TPSA) is 47.3 Å². The Balaban J connectivity index is 2.16. The van der Waals surface area contributed by atoms with Crippen LogP contribution in [0.4, 0.5) is 0 Å². The first-order chi connectivity index (χ1) is 6.83. The Morgan fingerprint density at radius 2 is 2.07 bits per heavy atom. The van der Waals surface area contributed by atoms with Crippen molar-refractivity contribution in [2.45, 2.75) is 12.6 Å². The Morgan fingerprint density at radius 3 is 2.71 bits per heavy atom. The lowest BCUT2D eigenvalue weighted by Crippen LogP contribution is -2.36. The summed E-state index contributed by atoms with van der Waals surface area (Å²) in [7, 11) is 1.66. The first-order valence-electron chi connectivity index (χ1n) is 4.82. The van der Waals surface area contributed by atoms with Crippen LogP contribution in [0.5, 0.6) is 0 Å². The Morgan fingerprint density at radius 1 is 1.36 bits per heavy atom. The van der Waals surface area contributed by atoms with Crippen LogP contribution in [0.1, 0.15) is 5.56 Å². The van der Waals surface area contributed by atoms with E-state index in [0.29, 0.717) is 6.61 Å². The van der Waals surface area contributed by atoms with Crippen LogP contribution < -0.4 is 11.1 Å². The third kappa shape index (κ3) is 4.37. The summed E-state index contributed by atoms with van der Waals surface area (Å²) < 4.78 is 4.94. The predicted molar refractivity (Wildman–Crippen MR) is 58.0 cm³/mol. The predicted octanol–water partition coefficient (Wildman–Crippen LogP) is 0.750. The molecule has 1 atom stereocenters. The van der Waals surface area contributed by atoms with Gasteiger partial charge in [0.1, 0.15) is 0 Å². The standard InChI is InChI=1S/C11H18N2O/c1-14-9-11(12)8-13-7-10-5-3-2-4-6-10/h2-6,11,13H,7-9,12H2,1H3. The van der Waals surface area contributed by atoms with Gasteiger partial charge in [-0.05, 0) is 5.56 Å². The van der Waals surface area contributed by atoms with Crippen molar-refractivity contribution in [3.8, 4) is 0 Å². The monoisotopic (exact) mass is 194 g/mol. The van der Waals surface area contributed by atoms with E-state index in [9.17, 15) is 0 Å². The molecule has 0 aliphatic heterocycles. The minimum absolute atomic E-state index is 0.0729. The summed E-state index contributed by atoms with van der Waals surface area (Å²) in [5.74, 6) is 0. The zero-order valence-corrected chi connectivity index (χ0v) is 8.57. The van der Waals surface area contributed by atoms with Crippen LogP contribution in [0.3, 0.4) is 0 Å². The fraction of sp³-hybridized carbons (Fsp3) is 0.455. The molecule has 78 valence electrons. The molecule has 1 rings (SSSR count). The molecular weight excluding hydrogens is 176 g/mol. The van der Waals surface area contributed by atoms with E-state index in [4.69, 9.17) is 10.5 Å². The van der Waals surface area contributed by atoms with Gasteiger partial charge in [0.05, 0.1) is 6.61 Å². The molecule has 3 heteroatoms. The third-order valence-electron chi connectivity index (χ3n) is 1.96. The normalized spacial score (nSPS) is 12.7. The first kappa shape index (κ1) is 11.2. The van der Waals surface area contributed by atoms with Gasteiger partial charge in [-0.3, -0.25) is 0 Å². The molecule has 3 N–H and O–H groups in total. The maximum absolute atomic E-state index is 5.76. The number of hydrogen-bond acceptors (Lipinski definition) is 3.